The minimum Gasteiger partial charge on any atom is -0.398 e. The minimum atomic E-state index is -0.585. The number of benzene rings is 1. The zero-order valence-electron chi connectivity index (χ0n) is 9.82. The van der Waals surface area contributed by atoms with E-state index in [1.54, 1.807) is 6.07 Å². The maximum Gasteiger partial charge on any atom is 0.125 e. The standard InChI is InChI=1S/C13H19FN2O/c14-10-1-2-11(12(15)8-10)13(17)7-9-3-5-16-6-4-9/h1-2,8-9,13,16-17H,3-7,15H2. The van der Waals surface area contributed by atoms with Crippen LogP contribution in [-0.4, -0.2) is 18.2 Å². The molecule has 1 aliphatic heterocycles. The third-order valence-electron chi connectivity index (χ3n) is 3.42. The van der Waals surface area contributed by atoms with Gasteiger partial charge >= 0.3 is 0 Å². The highest BCUT2D eigenvalue weighted by Gasteiger charge is 2.19. The summed E-state index contributed by atoms with van der Waals surface area (Å²) in [6, 6.07) is 4.19. The molecule has 3 nitrogen and oxygen atoms in total. The molecule has 4 N–H and O–H groups in total. The quantitative estimate of drug-likeness (QED) is 0.704. The molecule has 1 atom stereocenters. The van der Waals surface area contributed by atoms with E-state index in [1.807, 2.05) is 0 Å². The maximum atomic E-state index is 12.9. The molecule has 0 bridgehead atoms. The fourth-order valence-corrected chi connectivity index (χ4v) is 2.41. The predicted octanol–water partition coefficient (Wildman–Crippen LogP) is 1.83. The molecule has 17 heavy (non-hydrogen) atoms. The molecular weight excluding hydrogens is 219 g/mol. The van der Waals surface area contributed by atoms with E-state index in [1.165, 1.54) is 12.1 Å². The topological polar surface area (TPSA) is 58.3 Å². The Hall–Kier alpha value is -1.13. The number of piperidine rings is 1. The highest BCUT2D eigenvalue weighted by molar-refractivity contribution is 5.48. The number of nitrogens with one attached hydrogen (secondary N) is 1. The molecule has 1 aromatic carbocycles. The SMILES string of the molecule is Nc1cc(F)ccc1C(O)CC1CCNCC1. The van der Waals surface area contributed by atoms with Crippen molar-refractivity contribution in [1.82, 2.24) is 5.32 Å². The van der Waals surface area contributed by atoms with Crippen LogP contribution in [0.4, 0.5) is 10.1 Å². The molecule has 0 aromatic heterocycles. The molecule has 1 saturated heterocycles. The molecule has 1 fully saturated rings. The lowest BCUT2D eigenvalue weighted by atomic mass is 9.89. The van der Waals surface area contributed by atoms with Gasteiger partial charge in [-0.05, 0) is 50.4 Å². The molecule has 1 aromatic rings. The summed E-state index contributed by atoms with van der Waals surface area (Å²) >= 11 is 0. The van der Waals surface area contributed by atoms with Crippen molar-refractivity contribution >= 4 is 5.69 Å². The second-order valence-corrected chi connectivity index (χ2v) is 4.72. The van der Waals surface area contributed by atoms with Crippen molar-refractivity contribution < 1.29 is 9.50 Å². The number of anilines is 1. The van der Waals surface area contributed by atoms with E-state index in [0.29, 0.717) is 23.6 Å². The Bertz CT molecular complexity index is 378. The Morgan fingerprint density at radius 3 is 2.76 bits per heavy atom. The summed E-state index contributed by atoms with van der Waals surface area (Å²) in [5.74, 6) is 0.163. The number of rotatable bonds is 3. The normalized spacial score (nSPS) is 19.2. The molecule has 2 rings (SSSR count). The predicted molar refractivity (Wildman–Crippen MR) is 66.0 cm³/mol. The van der Waals surface area contributed by atoms with Crippen molar-refractivity contribution in [2.45, 2.75) is 25.4 Å². The van der Waals surface area contributed by atoms with E-state index in [9.17, 15) is 9.50 Å². The zero-order chi connectivity index (χ0) is 12.3. The van der Waals surface area contributed by atoms with Gasteiger partial charge in [-0.3, -0.25) is 0 Å². The van der Waals surface area contributed by atoms with Crippen LogP contribution in [0.1, 0.15) is 30.9 Å². The van der Waals surface area contributed by atoms with Gasteiger partial charge < -0.3 is 16.2 Å². The third-order valence-corrected chi connectivity index (χ3v) is 3.42. The van der Waals surface area contributed by atoms with E-state index < -0.39 is 6.10 Å². The van der Waals surface area contributed by atoms with Crippen LogP contribution in [0.2, 0.25) is 0 Å². The van der Waals surface area contributed by atoms with E-state index in [2.05, 4.69) is 5.32 Å². The van der Waals surface area contributed by atoms with Crippen LogP contribution in [0.5, 0.6) is 0 Å². The Balaban J connectivity index is 2.00. The number of hydrogen-bond acceptors (Lipinski definition) is 3. The molecular formula is C13H19FN2O. The summed E-state index contributed by atoms with van der Waals surface area (Å²) in [6.07, 6.45) is 2.28. The fraction of sp³-hybridized carbons (Fsp3) is 0.538. The van der Waals surface area contributed by atoms with Crippen molar-refractivity contribution in [3.8, 4) is 0 Å². The summed E-state index contributed by atoms with van der Waals surface area (Å²) in [4.78, 5) is 0. The number of halogens is 1. The van der Waals surface area contributed by atoms with Crippen LogP contribution in [-0.2, 0) is 0 Å². The highest BCUT2D eigenvalue weighted by atomic mass is 19.1. The van der Waals surface area contributed by atoms with E-state index in [-0.39, 0.29) is 5.82 Å². The molecule has 0 amide bonds. The van der Waals surface area contributed by atoms with Gasteiger partial charge in [0.25, 0.3) is 0 Å². The molecule has 0 aliphatic carbocycles. The van der Waals surface area contributed by atoms with Crippen molar-refractivity contribution in [2.24, 2.45) is 5.92 Å². The van der Waals surface area contributed by atoms with Gasteiger partial charge in [0, 0.05) is 11.3 Å². The first-order chi connectivity index (χ1) is 8.16. The molecule has 0 radical (unpaired) electrons. The van der Waals surface area contributed by atoms with Gasteiger partial charge in [-0.2, -0.15) is 0 Å². The smallest absolute Gasteiger partial charge is 0.125 e. The van der Waals surface area contributed by atoms with Gasteiger partial charge in [-0.25, -0.2) is 4.39 Å². The third kappa shape index (κ3) is 3.17. The Morgan fingerprint density at radius 1 is 1.41 bits per heavy atom. The van der Waals surface area contributed by atoms with E-state index in [0.717, 1.165) is 25.9 Å². The second kappa shape index (κ2) is 5.47. The van der Waals surface area contributed by atoms with Crippen molar-refractivity contribution in [2.75, 3.05) is 18.8 Å². The number of aliphatic hydroxyl groups is 1. The van der Waals surface area contributed by atoms with Crippen molar-refractivity contribution in [3.05, 3.63) is 29.6 Å². The molecule has 4 heteroatoms. The van der Waals surface area contributed by atoms with Gasteiger partial charge in [0.2, 0.25) is 0 Å². The van der Waals surface area contributed by atoms with Crippen molar-refractivity contribution in [3.63, 3.8) is 0 Å². The average Bonchev–Trinajstić information content (AvgIpc) is 2.30. The van der Waals surface area contributed by atoms with Gasteiger partial charge in [0.05, 0.1) is 6.10 Å². The molecule has 0 saturated carbocycles. The van der Waals surface area contributed by atoms with Gasteiger partial charge in [0.15, 0.2) is 0 Å². The maximum absolute atomic E-state index is 12.9. The molecule has 1 heterocycles. The first kappa shape index (κ1) is 12.3. The highest BCUT2D eigenvalue weighted by Crippen LogP contribution is 2.29. The Labute approximate surface area is 101 Å². The monoisotopic (exact) mass is 238 g/mol. The number of nitrogen functional groups attached to an aromatic ring is 1. The summed E-state index contributed by atoms with van der Waals surface area (Å²) in [5.41, 5.74) is 6.70. The Morgan fingerprint density at radius 2 is 2.12 bits per heavy atom. The fourth-order valence-electron chi connectivity index (χ4n) is 2.41. The molecule has 1 aliphatic rings. The lowest BCUT2D eigenvalue weighted by Crippen LogP contribution is -2.28. The van der Waals surface area contributed by atoms with Crippen LogP contribution in [0.3, 0.4) is 0 Å². The van der Waals surface area contributed by atoms with Crippen LogP contribution in [0.15, 0.2) is 18.2 Å². The van der Waals surface area contributed by atoms with E-state index >= 15 is 0 Å². The van der Waals surface area contributed by atoms with Crippen LogP contribution >= 0.6 is 0 Å². The first-order valence-corrected chi connectivity index (χ1v) is 6.10. The second-order valence-electron chi connectivity index (χ2n) is 4.72. The minimum absolute atomic E-state index is 0.339. The van der Waals surface area contributed by atoms with Crippen LogP contribution in [0, 0.1) is 11.7 Å². The first-order valence-electron chi connectivity index (χ1n) is 6.10. The van der Waals surface area contributed by atoms with Crippen LogP contribution < -0.4 is 11.1 Å². The lowest BCUT2D eigenvalue weighted by molar-refractivity contribution is 0.134. The van der Waals surface area contributed by atoms with Gasteiger partial charge in [-0.15, -0.1) is 0 Å². The van der Waals surface area contributed by atoms with Gasteiger partial charge in [-0.1, -0.05) is 6.07 Å². The summed E-state index contributed by atoms with van der Waals surface area (Å²) in [5, 5.41) is 13.4. The zero-order valence-corrected chi connectivity index (χ0v) is 9.82. The lowest BCUT2D eigenvalue weighted by Gasteiger charge is -2.25. The number of aliphatic hydroxyl groups excluding tert-OH is 1. The Kier molecular flexibility index (Phi) is 3.97. The largest absolute Gasteiger partial charge is 0.398 e. The average molecular weight is 238 g/mol. The van der Waals surface area contributed by atoms with E-state index in [4.69, 9.17) is 5.73 Å². The summed E-state index contributed by atoms with van der Waals surface area (Å²) < 4.78 is 12.9. The van der Waals surface area contributed by atoms with Crippen molar-refractivity contribution in [1.29, 1.82) is 0 Å². The number of hydrogen-bond donors (Lipinski definition) is 3. The molecule has 1 unspecified atom stereocenters. The number of nitrogens with two attached hydrogens (primary N) is 1. The summed E-state index contributed by atoms with van der Waals surface area (Å²) in [6.45, 7) is 2.02. The van der Waals surface area contributed by atoms with Crippen LogP contribution in [0.25, 0.3) is 0 Å². The molecule has 0 spiro atoms. The molecule has 94 valence electrons. The van der Waals surface area contributed by atoms with Gasteiger partial charge in [0.1, 0.15) is 5.82 Å². The summed E-state index contributed by atoms with van der Waals surface area (Å²) in [7, 11) is 0.